The number of carbonyl (C=O) groups excluding carboxylic acids is 1. The van der Waals surface area contributed by atoms with Gasteiger partial charge in [0.15, 0.2) is 5.78 Å². The second-order valence-corrected chi connectivity index (χ2v) is 11.9. The van der Waals surface area contributed by atoms with Gasteiger partial charge in [-0.05, 0) is 101 Å². The van der Waals surface area contributed by atoms with Gasteiger partial charge in [-0.1, -0.05) is 114 Å². The van der Waals surface area contributed by atoms with Crippen LogP contribution in [0.1, 0.15) is 81.5 Å². The van der Waals surface area contributed by atoms with Crippen LogP contribution in [0.5, 0.6) is 0 Å². The number of rotatable bonds is 8. The van der Waals surface area contributed by atoms with E-state index in [0.29, 0.717) is 18.3 Å². The molecule has 38 heavy (non-hydrogen) atoms. The molecule has 1 unspecified atom stereocenters. The molecule has 0 amide bonds. The van der Waals surface area contributed by atoms with E-state index in [-0.39, 0.29) is 11.7 Å². The van der Waals surface area contributed by atoms with Crippen LogP contribution < -0.4 is 0 Å². The van der Waals surface area contributed by atoms with Gasteiger partial charge < -0.3 is 0 Å². The van der Waals surface area contributed by atoms with Crippen LogP contribution >= 0.6 is 0 Å². The van der Waals surface area contributed by atoms with Crippen LogP contribution in [0.25, 0.3) is 5.57 Å². The molecule has 1 atom stereocenters. The van der Waals surface area contributed by atoms with E-state index in [1.807, 2.05) is 6.08 Å². The monoisotopic (exact) mass is 504 g/mol. The van der Waals surface area contributed by atoms with Gasteiger partial charge in [-0.25, -0.2) is 0 Å². The van der Waals surface area contributed by atoms with E-state index < -0.39 is 0 Å². The fraction of sp³-hybridized carbons (Fsp3) is 0.378. The maximum Gasteiger partial charge on any atom is 0.163 e. The Bertz CT molecular complexity index is 1260. The third-order valence-electron chi connectivity index (χ3n) is 8.47. The lowest BCUT2D eigenvalue weighted by Gasteiger charge is -2.26. The summed E-state index contributed by atoms with van der Waals surface area (Å²) >= 11 is 0. The lowest BCUT2D eigenvalue weighted by atomic mass is 9.79. The minimum atomic E-state index is -0.216. The van der Waals surface area contributed by atoms with Crippen molar-refractivity contribution >= 4 is 11.4 Å². The van der Waals surface area contributed by atoms with Crippen molar-refractivity contribution in [1.82, 2.24) is 0 Å². The maximum atomic E-state index is 12.9. The molecule has 4 rings (SSSR count). The molecule has 2 aromatic rings. The number of benzene rings is 2. The summed E-state index contributed by atoms with van der Waals surface area (Å²) in [6.45, 7) is 17.7. The highest BCUT2D eigenvalue weighted by Crippen LogP contribution is 2.36. The molecule has 2 aromatic carbocycles. The first-order valence-corrected chi connectivity index (χ1v) is 14.4. The number of hydrogen-bond acceptors (Lipinski definition) is 1. The Morgan fingerprint density at radius 1 is 0.974 bits per heavy atom. The summed E-state index contributed by atoms with van der Waals surface area (Å²) in [5, 5.41) is 0. The van der Waals surface area contributed by atoms with E-state index in [1.54, 1.807) is 6.08 Å². The lowest BCUT2D eigenvalue weighted by molar-refractivity contribution is -0.117. The highest BCUT2D eigenvalue weighted by molar-refractivity contribution is 5.97. The van der Waals surface area contributed by atoms with Gasteiger partial charge in [0.2, 0.25) is 0 Å². The number of allylic oxidation sites excluding steroid dienone is 8. The lowest BCUT2D eigenvalue weighted by Crippen LogP contribution is -2.22. The van der Waals surface area contributed by atoms with Crippen molar-refractivity contribution in [1.29, 1.82) is 0 Å². The zero-order valence-electron chi connectivity index (χ0n) is 23.8. The molecule has 0 aromatic heterocycles. The van der Waals surface area contributed by atoms with Crippen LogP contribution in [-0.4, -0.2) is 5.78 Å². The minimum absolute atomic E-state index is 0.143. The van der Waals surface area contributed by atoms with Gasteiger partial charge in [0.1, 0.15) is 0 Å². The second kappa shape index (κ2) is 12.6. The van der Waals surface area contributed by atoms with Crippen molar-refractivity contribution in [2.24, 2.45) is 17.8 Å². The fourth-order valence-corrected chi connectivity index (χ4v) is 5.86. The SMILES string of the molecule is C=C(/C(C)=C/C=C1/C=CC(=O)C(Cc2ccccc2CC(C)C)C1=C)c1ccc(C2CCC(C)CC2)cc1. The number of carbonyl (C=O) groups is 1. The Labute approximate surface area is 230 Å². The Kier molecular flexibility index (Phi) is 9.21. The summed E-state index contributed by atoms with van der Waals surface area (Å²) in [5.74, 6) is 2.07. The van der Waals surface area contributed by atoms with Gasteiger partial charge in [-0.15, -0.1) is 0 Å². The third-order valence-corrected chi connectivity index (χ3v) is 8.47. The van der Waals surface area contributed by atoms with E-state index in [1.165, 1.54) is 42.4 Å². The predicted octanol–water partition coefficient (Wildman–Crippen LogP) is 9.62. The highest BCUT2D eigenvalue weighted by Gasteiger charge is 2.26. The first-order chi connectivity index (χ1) is 18.2. The molecule has 2 aliphatic rings. The van der Waals surface area contributed by atoms with Gasteiger partial charge in [-0.2, -0.15) is 0 Å². The number of hydrogen-bond donors (Lipinski definition) is 0. The molecule has 1 saturated carbocycles. The molecule has 0 saturated heterocycles. The van der Waals surface area contributed by atoms with Crippen LogP contribution in [0.2, 0.25) is 0 Å². The summed E-state index contributed by atoms with van der Waals surface area (Å²) in [7, 11) is 0. The predicted molar refractivity (Wildman–Crippen MR) is 163 cm³/mol. The van der Waals surface area contributed by atoms with Crippen molar-refractivity contribution in [3.63, 3.8) is 0 Å². The average molecular weight is 505 g/mol. The Hall–Kier alpha value is -3.19. The quantitative estimate of drug-likeness (QED) is 0.327. The normalized spacial score (nSPS) is 23.3. The Morgan fingerprint density at radius 3 is 2.29 bits per heavy atom. The molecule has 0 N–H and O–H groups in total. The Balaban J connectivity index is 1.46. The zero-order valence-corrected chi connectivity index (χ0v) is 23.8. The van der Waals surface area contributed by atoms with Crippen molar-refractivity contribution in [3.8, 4) is 0 Å². The molecule has 0 aliphatic heterocycles. The highest BCUT2D eigenvalue weighted by atomic mass is 16.1. The summed E-state index contributed by atoms with van der Waals surface area (Å²) in [4.78, 5) is 12.9. The van der Waals surface area contributed by atoms with E-state index >= 15 is 0 Å². The van der Waals surface area contributed by atoms with Crippen molar-refractivity contribution in [3.05, 3.63) is 125 Å². The fourth-order valence-electron chi connectivity index (χ4n) is 5.86. The van der Waals surface area contributed by atoms with Crippen molar-refractivity contribution in [2.75, 3.05) is 0 Å². The first kappa shape index (κ1) is 27.8. The third kappa shape index (κ3) is 6.81. The molecule has 0 spiro atoms. The van der Waals surface area contributed by atoms with Crippen LogP contribution in [0.3, 0.4) is 0 Å². The molecule has 0 radical (unpaired) electrons. The van der Waals surface area contributed by atoms with E-state index in [2.05, 4.69) is 102 Å². The minimum Gasteiger partial charge on any atom is -0.294 e. The summed E-state index contributed by atoms with van der Waals surface area (Å²) in [6.07, 6.45) is 14.8. The smallest absolute Gasteiger partial charge is 0.163 e. The van der Waals surface area contributed by atoms with Crippen LogP contribution in [0, 0.1) is 17.8 Å². The molecule has 2 aliphatic carbocycles. The largest absolute Gasteiger partial charge is 0.294 e. The van der Waals surface area contributed by atoms with Crippen LogP contribution in [0.15, 0.2) is 103 Å². The molecule has 0 bridgehead atoms. The molecular formula is C37H44O. The molecule has 1 heteroatoms. The van der Waals surface area contributed by atoms with Gasteiger partial charge in [0.25, 0.3) is 0 Å². The molecular weight excluding hydrogens is 460 g/mol. The van der Waals surface area contributed by atoms with Crippen LogP contribution in [0.4, 0.5) is 0 Å². The zero-order chi connectivity index (χ0) is 27.2. The van der Waals surface area contributed by atoms with Gasteiger partial charge >= 0.3 is 0 Å². The molecule has 198 valence electrons. The molecule has 1 fully saturated rings. The topological polar surface area (TPSA) is 17.1 Å². The molecule has 0 heterocycles. The number of ketones is 1. The first-order valence-electron chi connectivity index (χ1n) is 14.4. The summed E-state index contributed by atoms with van der Waals surface area (Å²) in [5.41, 5.74) is 9.29. The van der Waals surface area contributed by atoms with Crippen molar-refractivity contribution < 1.29 is 4.79 Å². The van der Waals surface area contributed by atoms with Gasteiger partial charge in [0, 0.05) is 0 Å². The van der Waals surface area contributed by atoms with E-state index in [4.69, 9.17) is 0 Å². The summed E-state index contributed by atoms with van der Waals surface area (Å²) in [6, 6.07) is 17.6. The molecule has 1 nitrogen and oxygen atoms in total. The maximum absolute atomic E-state index is 12.9. The second-order valence-electron chi connectivity index (χ2n) is 11.9. The van der Waals surface area contributed by atoms with Gasteiger partial charge in [-0.3, -0.25) is 4.79 Å². The van der Waals surface area contributed by atoms with E-state index in [0.717, 1.165) is 40.2 Å². The van der Waals surface area contributed by atoms with Crippen molar-refractivity contribution in [2.45, 2.75) is 72.1 Å². The van der Waals surface area contributed by atoms with E-state index in [9.17, 15) is 4.79 Å². The standard InChI is InChI=1S/C37H44O/c1-25(2)23-34-9-7-8-10-35(34)24-36-29(6)31(21-22-37(36)38)16-13-27(4)28(5)30-17-19-33(20-18-30)32-14-11-26(3)12-15-32/h7-10,13,16-22,25-26,32,36H,5-6,11-12,14-15,23-24H2,1-4H3/b27-13+,31-16-. The van der Waals surface area contributed by atoms with Crippen LogP contribution in [-0.2, 0) is 17.6 Å². The van der Waals surface area contributed by atoms with Gasteiger partial charge in [0.05, 0.1) is 5.92 Å². The average Bonchev–Trinajstić information content (AvgIpc) is 2.91. The summed E-state index contributed by atoms with van der Waals surface area (Å²) < 4.78 is 0. The Morgan fingerprint density at radius 2 is 1.63 bits per heavy atom.